The maximum atomic E-state index is 12.5. The zero-order valence-electron chi connectivity index (χ0n) is 11.4. The van der Waals surface area contributed by atoms with Crippen LogP contribution in [-0.2, 0) is 16.6 Å². The first-order valence-electron chi connectivity index (χ1n) is 6.22. The van der Waals surface area contributed by atoms with Gasteiger partial charge in [0.1, 0.15) is 0 Å². The molecule has 2 rings (SSSR count). The number of halogens is 1. The van der Waals surface area contributed by atoms with Gasteiger partial charge in [0, 0.05) is 11.3 Å². The fourth-order valence-electron chi connectivity index (χ4n) is 1.99. The number of primary amides is 1. The summed E-state index contributed by atoms with van der Waals surface area (Å²) in [6.45, 7) is 1.84. The standard InChI is InChI=1S/C15H15ClN2O2S/c1-9-7-10(15(18)19)5-6-11(9)8-21(20)14-12(16)3-2-4-13(14)17/h2-7H,8,17H2,1H3,(H2,18,19). The topological polar surface area (TPSA) is 86.2 Å². The molecule has 1 atom stereocenters. The van der Waals surface area contributed by atoms with Crippen LogP contribution in [0.3, 0.4) is 0 Å². The molecule has 1 unspecified atom stereocenters. The minimum atomic E-state index is -1.36. The fourth-order valence-corrected chi connectivity index (χ4v) is 3.80. The quantitative estimate of drug-likeness (QED) is 0.848. The van der Waals surface area contributed by atoms with Gasteiger partial charge in [-0.3, -0.25) is 9.00 Å². The van der Waals surface area contributed by atoms with Crippen LogP contribution in [0.5, 0.6) is 0 Å². The second kappa shape index (κ2) is 6.28. The second-order valence-corrected chi connectivity index (χ2v) is 6.45. The van der Waals surface area contributed by atoms with Crippen molar-refractivity contribution in [3.8, 4) is 0 Å². The van der Waals surface area contributed by atoms with E-state index in [9.17, 15) is 9.00 Å². The van der Waals surface area contributed by atoms with Crippen LogP contribution in [0.25, 0.3) is 0 Å². The molecule has 4 nitrogen and oxygen atoms in total. The van der Waals surface area contributed by atoms with Crippen molar-refractivity contribution in [3.63, 3.8) is 0 Å². The molecule has 0 saturated heterocycles. The highest BCUT2D eigenvalue weighted by Gasteiger charge is 2.14. The van der Waals surface area contributed by atoms with E-state index in [-0.39, 0.29) is 5.75 Å². The summed E-state index contributed by atoms with van der Waals surface area (Å²) < 4.78 is 12.5. The lowest BCUT2D eigenvalue weighted by molar-refractivity contribution is 0.1000. The SMILES string of the molecule is Cc1cc(C(N)=O)ccc1CS(=O)c1c(N)cccc1Cl. The Kier molecular flexibility index (Phi) is 4.65. The van der Waals surface area contributed by atoms with E-state index in [2.05, 4.69) is 0 Å². The number of anilines is 1. The molecule has 1 amide bonds. The maximum Gasteiger partial charge on any atom is 0.248 e. The van der Waals surface area contributed by atoms with Gasteiger partial charge in [-0.15, -0.1) is 0 Å². The highest BCUT2D eigenvalue weighted by atomic mass is 35.5. The van der Waals surface area contributed by atoms with Gasteiger partial charge < -0.3 is 11.5 Å². The molecule has 0 saturated carbocycles. The van der Waals surface area contributed by atoms with Crippen LogP contribution in [0.15, 0.2) is 41.3 Å². The third-order valence-electron chi connectivity index (χ3n) is 3.14. The van der Waals surface area contributed by atoms with Crippen LogP contribution < -0.4 is 11.5 Å². The lowest BCUT2D eigenvalue weighted by Crippen LogP contribution is -2.11. The van der Waals surface area contributed by atoms with Crippen LogP contribution in [0.1, 0.15) is 21.5 Å². The Morgan fingerprint density at radius 1 is 1.29 bits per heavy atom. The summed E-state index contributed by atoms with van der Waals surface area (Å²) in [7, 11) is -1.36. The number of hydrogen-bond acceptors (Lipinski definition) is 3. The molecule has 0 fully saturated rings. The highest BCUT2D eigenvalue weighted by molar-refractivity contribution is 7.84. The zero-order valence-corrected chi connectivity index (χ0v) is 13.0. The van der Waals surface area contributed by atoms with E-state index in [1.807, 2.05) is 6.92 Å². The molecule has 0 aliphatic rings. The van der Waals surface area contributed by atoms with Crippen LogP contribution in [0, 0.1) is 6.92 Å². The molecule has 0 radical (unpaired) electrons. The average Bonchev–Trinajstić information content (AvgIpc) is 2.40. The molecule has 2 aromatic rings. The van der Waals surface area contributed by atoms with Gasteiger partial charge >= 0.3 is 0 Å². The van der Waals surface area contributed by atoms with Crippen LogP contribution in [-0.4, -0.2) is 10.1 Å². The molecule has 6 heteroatoms. The van der Waals surface area contributed by atoms with E-state index >= 15 is 0 Å². The number of amides is 1. The molecule has 0 heterocycles. The Balaban J connectivity index is 2.30. The first-order chi connectivity index (χ1) is 9.90. The second-order valence-electron chi connectivity index (χ2n) is 4.65. The summed E-state index contributed by atoms with van der Waals surface area (Å²) in [6, 6.07) is 10.1. The predicted octanol–water partition coefficient (Wildman–Crippen LogP) is 2.64. The maximum absolute atomic E-state index is 12.5. The van der Waals surface area contributed by atoms with Crippen molar-refractivity contribution in [1.29, 1.82) is 0 Å². The molecule has 0 aliphatic carbocycles. The van der Waals surface area contributed by atoms with Gasteiger partial charge in [0.25, 0.3) is 0 Å². The smallest absolute Gasteiger partial charge is 0.248 e. The first-order valence-corrected chi connectivity index (χ1v) is 7.91. The highest BCUT2D eigenvalue weighted by Crippen LogP contribution is 2.28. The van der Waals surface area contributed by atoms with Crippen molar-refractivity contribution >= 4 is 34.0 Å². The Morgan fingerprint density at radius 3 is 2.57 bits per heavy atom. The van der Waals surface area contributed by atoms with Gasteiger partial charge in [0.15, 0.2) is 0 Å². The van der Waals surface area contributed by atoms with E-state index in [1.54, 1.807) is 36.4 Å². The normalized spacial score (nSPS) is 12.1. The molecular formula is C15H15ClN2O2S. The van der Waals surface area contributed by atoms with Crippen LogP contribution >= 0.6 is 11.6 Å². The van der Waals surface area contributed by atoms with Crippen molar-refractivity contribution in [2.75, 3.05) is 5.73 Å². The van der Waals surface area contributed by atoms with Gasteiger partial charge in [0.2, 0.25) is 5.91 Å². The van der Waals surface area contributed by atoms with E-state index in [0.29, 0.717) is 21.2 Å². The summed E-state index contributed by atoms with van der Waals surface area (Å²) in [5.74, 6) is -0.208. The van der Waals surface area contributed by atoms with Gasteiger partial charge in [0.05, 0.1) is 26.5 Å². The largest absolute Gasteiger partial charge is 0.398 e. The third-order valence-corrected chi connectivity index (χ3v) is 5.05. The number of benzene rings is 2. The summed E-state index contributed by atoms with van der Waals surface area (Å²) >= 11 is 6.06. The summed E-state index contributed by atoms with van der Waals surface area (Å²) in [5, 5.41) is 0.389. The monoisotopic (exact) mass is 322 g/mol. The van der Waals surface area contributed by atoms with E-state index < -0.39 is 16.7 Å². The Bertz CT molecular complexity index is 711. The first kappa shape index (κ1) is 15.5. The number of aryl methyl sites for hydroxylation is 1. The van der Waals surface area contributed by atoms with Gasteiger partial charge in [-0.2, -0.15) is 0 Å². The zero-order chi connectivity index (χ0) is 15.6. The predicted molar refractivity (Wildman–Crippen MR) is 85.7 cm³/mol. The number of nitrogen functional groups attached to an aromatic ring is 1. The number of hydrogen-bond donors (Lipinski definition) is 2. The molecule has 110 valence electrons. The van der Waals surface area contributed by atoms with Crippen molar-refractivity contribution < 1.29 is 9.00 Å². The number of carbonyl (C=O) groups is 1. The molecule has 0 aromatic heterocycles. The Hall–Kier alpha value is -1.85. The lowest BCUT2D eigenvalue weighted by atomic mass is 10.1. The summed E-state index contributed by atoms with van der Waals surface area (Å²) in [4.78, 5) is 11.6. The Morgan fingerprint density at radius 2 is 2.00 bits per heavy atom. The van der Waals surface area contributed by atoms with Gasteiger partial charge in [-0.1, -0.05) is 23.7 Å². The van der Waals surface area contributed by atoms with E-state index in [4.69, 9.17) is 23.1 Å². The average molecular weight is 323 g/mol. The van der Waals surface area contributed by atoms with Gasteiger partial charge in [-0.05, 0) is 42.3 Å². The lowest BCUT2D eigenvalue weighted by Gasteiger charge is -2.10. The number of nitrogens with two attached hydrogens (primary N) is 2. The Labute approximate surface area is 130 Å². The summed E-state index contributed by atoms with van der Waals surface area (Å²) in [5.41, 5.74) is 13.6. The van der Waals surface area contributed by atoms with E-state index in [0.717, 1.165) is 11.1 Å². The molecule has 0 spiro atoms. The summed E-state index contributed by atoms with van der Waals surface area (Å²) in [6.07, 6.45) is 0. The molecule has 21 heavy (non-hydrogen) atoms. The van der Waals surface area contributed by atoms with E-state index in [1.165, 1.54) is 0 Å². The van der Waals surface area contributed by atoms with Crippen LogP contribution in [0.2, 0.25) is 5.02 Å². The van der Waals surface area contributed by atoms with Crippen molar-refractivity contribution in [2.24, 2.45) is 5.73 Å². The minimum absolute atomic E-state index is 0.277. The van der Waals surface area contributed by atoms with Crippen LogP contribution in [0.4, 0.5) is 5.69 Å². The van der Waals surface area contributed by atoms with Crippen molar-refractivity contribution in [1.82, 2.24) is 0 Å². The number of carbonyl (C=O) groups excluding carboxylic acids is 1. The molecular weight excluding hydrogens is 308 g/mol. The van der Waals surface area contributed by atoms with Crippen molar-refractivity contribution in [2.45, 2.75) is 17.6 Å². The molecule has 0 aliphatic heterocycles. The molecule has 2 aromatic carbocycles. The van der Waals surface area contributed by atoms with Gasteiger partial charge in [-0.25, -0.2) is 0 Å². The molecule has 4 N–H and O–H groups in total. The molecule has 0 bridgehead atoms. The minimum Gasteiger partial charge on any atom is -0.398 e. The number of rotatable bonds is 4. The third kappa shape index (κ3) is 3.43. The fraction of sp³-hybridized carbons (Fsp3) is 0.133. The van der Waals surface area contributed by atoms with Crippen molar-refractivity contribution in [3.05, 3.63) is 58.1 Å².